The number of nitrogens with zero attached hydrogens (tertiary/aromatic N) is 1. The van der Waals surface area contributed by atoms with Gasteiger partial charge in [0.05, 0.1) is 28.1 Å². The standard InChI is InChI=1S/C29H25ClF3N3O5/c1-16(2)15-40-24-14-22-25(27-26(24)38-11-12-39-27)23(9-10-34-22)41-19-6-3-17(4-7-19)35-28(37)36-18-5-8-21(30)20(13-18)29(31,32)33/h3-10,13-14,16H,11-12,15H2,1-2H3,(H2,35,36,37). The van der Waals surface area contributed by atoms with Crippen molar-refractivity contribution in [2.24, 2.45) is 5.92 Å². The monoisotopic (exact) mass is 587 g/mol. The zero-order valence-electron chi connectivity index (χ0n) is 22.0. The van der Waals surface area contributed by atoms with Gasteiger partial charge in [-0.15, -0.1) is 0 Å². The molecule has 0 fully saturated rings. The summed E-state index contributed by atoms with van der Waals surface area (Å²) in [7, 11) is 0. The number of amides is 2. The summed E-state index contributed by atoms with van der Waals surface area (Å²) in [5.74, 6) is 2.79. The van der Waals surface area contributed by atoms with Crippen LogP contribution in [-0.4, -0.2) is 30.8 Å². The number of fused-ring (bicyclic) bond motifs is 3. The number of aromatic nitrogens is 1. The molecule has 214 valence electrons. The Morgan fingerprint density at radius 1 is 0.976 bits per heavy atom. The molecule has 5 rings (SSSR count). The maximum absolute atomic E-state index is 13.1. The Balaban J connectivity index is 1.32. The lowest BCUT2D eigenvalue weighted by Gasteiger charge is -2.24. The van der Waals surface area contributed by atoms with E-state index in [0.717, 1.165) is 12.1 Å². The van der Waals surface area contributed by atoms with Crippen molar-refractivity contribution in [3.05, 3.63) is 71.4 Å². The minimum atomic E-state index is -4.65. The van der Waals surface area contributed by atoms with E-state index in [2.05, 4.69) is 29.5 Å². The van der Waals surface area contributed by atoms with E-state index in [4.69, 9.17) is 30.5 Å². The fourth-order valence-electron chi connectivity index (χ4n) is 4.07. The van der Waals surface area contributed by atoms with Gasteiger partial charge >= 0.3 is 12.2 Å². The molecule has 8 nitrogen and oxygen atoms in total. The highest BCUT2D eigenvalue weighted by atomic mass is 35.5. The summed E-state index contributed by atoms with van der Waals surface area (Å²) < 4.78 is 63.3. The third kappa shape index (κ3) is 6.51. The number of urea groups is 1. The number of pyridine rings is 1. The van der Waals surface area contributed by atoms with Crippen molar-refractivity contribution in [3.8, 4) is 28.7 Å². The molecule has 1 aliphatic rings. The van der Waals surface area contributed by atoms with Crippen LogP contribution in [-0.2, 0) is 6.18 Å². The number of nitrogens with one attached hydrogen (secondary N) is 2. The number of hydrogen-bond acceptors (Lipinski definition) is 6. The van der Waals surface area contributed by atoms with Gasteiger partial charge in [0.25, 0.3) is 0 Å². The molecule has 0 unspecified atom stereocenters. The van der Waals surface area contributed by atoms with Crippen molar-refractivity contribution in [2.45, 2.75) is 20.0 Å². The third-order valence-corrected chi connectivity index (χ3v) is 6.21. The normalized spacial score (nSPS) is 12.8. The average Bonchev–Trinajstić information content (AvgIpc) is 2.93. The van der Waals surface area contributed by atoms with Crippen molar-refractivity contribution >= 4 is 39.9 Å². The first-order valence-electron chi connectivity index (χ1n) is 12.7. The summed E-state index contributed by atoms with van der Waals surface area (Å²) >= 11 is 5.63. The highest BCUT2D eigenvalue weighted by Crippen LogP contribution is 2.48. The van der Waals surface area contributed by atoms with E-state index in [0.29, 0.717) is 71.1 Å². The van der Waals surface area contributed by atoms with Crippen LogP contribution in [0.4, 0.5) is 29.3 Å². The lowest BCUT2D eigenvalue weighted by atomic mass is 10.1. The Hall–Kier alpha value is -4.38. The summed E-state index contributed by atoms with van der Waals surface area (Å²) in [5.41, 5.74) is -0.104. The molecule has 1 aliphatic heterocycles. The number of benzene rings is 3. The van der Waals surface area contributed by atoms with Crippen LogP contribution >= 0.6 is 11.6 Å². The second-order valence-electron chi connectivity index (χ2n) is 9.54. The number of ether oxygens (including phenoxy) is 4. The number of hydrogen-bond donors (Lipinski definition) is 2. The van der Waals surface area contributed by atoms with Crippen LogP contribution in [0.2, 0.25) is 5.02 Å². The molecule has 1 aromatic heterocycles. The molecular formula is C29H25ClF3N3O5. The SMILES string of the molecule is CC(C)COc1cc2nccc(Oc3ccc(NC(=O)Nc4ccc(Cl)c(C(F)(F)F)c4)cc3)c2c2c1OCCO2. The summed E-state index contributed by atoms with van der Waals surface area (Å²) in [5, 5.41) is 5.11. The van der Waals surface area contributed by atoms with Gasteiger partial charge in [-0.2, -0.15) is 13.2 Å². The second kappa shape index (κ2) is 11.6. The molecule has 0 atom stereocenters. The third-order valence-electron chi connectivity index (χ3n) is 5.88. The number of anilines is 2. The zero-order valence-corrected chi connectivity index (χ0v) is 22.7. The smallest absolute Gasteiger partial charge is 0.417 e. The van der Waals surface area contributed by atoms with Gasteiger partial charge in [-0.05, 0) is 54.4 Å². The summed E-state index contributed by atoms with van der Waals surface area (Å²) in [6.07, 6.45) is -3.04. The fourth-order valence-corrected chi connectivity index (χ4v) is 4.29. The minimum absolute atomic E-state index is 0.0592. The van der Waals surface area contributed by atoms with Crippen molar-refractivity contribution in [3.63, 3.8) is 0 Å². The molecular weight excluding hydrogens is 563 g/mol. The molecule has 2 N–H and O–H groups in total. The number of carbonyl (C=O) groups is 1. The highest BCUT2D eigenvalue weighted by Gasteiger charge is 2.33. The van der Waals surface area contributed by atoms with E-state index in [1.165, 1.54) is 6.07 Å². The van der Waals surface area contributed by atoms with Crippen molar-refractivity contribution in [1.29, 1.82) is 0 Å². The lowest BCUT2D eigenvalue weighted by Crippen LogP contribution is -2.19. The molecule has 0 saturated carbocycles. The van der Waals surface area contributed by atoms with Gasteiger partial charge in [0.2, 0.25) is 5.75 Å². The van der Waals surface area contributed by atoms with Crippen molar-refractivity contribution in [2.75, 3.05) is 30.5 Å². The average molecular weight is 588 g/mol. The number of halogens is 4. The molecule has 0 saturated heterocycles. The lowest BCUT2D eigenvalue weighted by molar-refractivity contribution is -0.137. The fraction of sp³-hybridized carbons (Fsp3) is 0.241. The van der Waals surface area contributed by atoms with Crippen LogP contribution in [0, 0.1) is 5.92 Å². The number of rotatable bonds is 7. The van der Waals surface area contributed by atoms with E-state index in [1.54, 1.807) is 42.6 Å². The van der Waals surface area contributed by atoms with E-state index in [1.807, 2.05) is 0 Å². The first kappa shape index (κ1) is 28.2. The quantitative estimate of drug-likeness (QED) is 0.227. The molecule has 0 bridgehead atoms. The summed E-state index contributed by atoms with van der Waals surface area (Å²) in [4.78, 5) is 16.9. The Morgan fingerprint density at radius 3 is 2.37 bits per heavy atom. The minimum Gasteiger partial charge on any atom is -0.489 e. The molecule has 4 aromatic rings. The van der Waals surface area contributed by atoms with Crippen molar-refractivity contribution in [1.82, 2.24) is 4.98 Å². The molecule has 0 radical (unpaired) electrons. The molecule has 2 heterocycles. The predicted molar refractivity (Wildman–Crippen MR) is 149 cm³/mol. The maximum Gasteiger partial charge on any atom is 0.417 e. The Kier molecular flexibility index (Phi) is 7.98. The van der Waals surface area contributed by atoms with Crippen LogP contribution in [0.3, 0.4) is 0 Å². The van der Waals surface area contributed by atoms with Crippen LogP contribution in [0.5, 0.6) is 28.7 Å². The Bertz CT molecular complexity index is 1580. The van der Waals surface area contributed by atoms with Gasteiger partial charge in [0, 0.05) is 23.6 Å². The number of alkyl halides is 3. The van der Waals surface area contributed by atoms with E-state index < -0.39 is 22.8 Å². The molecule has 3 aromatic carbocycles. The van der Waals surface area contributed by atoms with Gasteiger partial charge in [-0.3, -0.25) is 4.98 Å². The molecule has 41 heavy (non-hydrogen) atoms. The van der Waals surface area contributed by atoms with Crippen LogP contribution < -0.4 is 29.6 Å². The van der Waals surface area contributed by atoms with Gasteiger partial charge < -0.3 is 29.6 Å². The predicted octanol–water partition coefficient (Wildman–Crippen LogP) is 8.15. The van der Waals surface area contributed by atoms with Gasteiger partial charge in [0.1, 0.15) is 24.7 Å². The molecule has 0 aliphatic carbocycles. The van der Waals surface area contributed by atoms with Crippen LogP contribution in [0.15, 0.2) is 60.8 Å². The highest BCUT2D eigenvalue weighted by molar-refractivity contribution is 6.31. The summed E-state index contributed by atoms with van der Waals surface area (Å²) in [6, 6.07) is 12.3. The Labute approximate surface area is 238 Å². The Morgan fingerprint density at radius 2 is 1.66 bits per heavy atom. The van der Waals surface area contributed by atoms with E-state index >= 15 is 0 Å². The van der Waals surface area contributed by atoms with Gasteiger partial charge in [-0.1, -0.05) is 25.4 Å². The first-order chi connectivity index (χ1) is 19.6. The summed E-state index contributed by atoms with van der Waals surface area (Å²) in [6.45, 7) is 5.35. The number of carbonyl (C=O) groups excluding carboxylic acids is 1. The van der Waals surface area contributed by atoms with Crippen LogP contribution in [0.25, 0.3) is 10.9 Å². The molecule has 2 amide bonds. The zero-order chi connectivity index (χ0) is 29.1. The van der Waals surface area contributed by atoms with E-state index in [-0.39, 0.29) is 5.69 Å². The molecule has 12 heteroatoms. The van der Waals surface area contributed by atoms with Crippen LogP contribution in [0.1, 0.15) is 19.4 Å². The van der Waals surface area contributed by atoms with Gasteiger partial charge in [0.15, 0.2) is 11.5 Å². The first-order valence-corrected chi connectivity index (χ1v) is 13.0. The largest absolute Gasteiger partial charge is 0.489 e. The van der Waals surface area contributed by atoms with Crippen molar-refractivity contribution < 1.29 is 36.9 Å². The second-order valence-corrected chi connectivity index (χ2v) is 9.94. The maximum atomic E-state index is 13.1. The van der Waals surface area contributed by atoms with Gasteiger partial charge in [-0.25, -0.2) is 4.79 Å². The topological polar surface area (TPSA) is 90.9 Å². The molecule has 0 spiro atoms. The van der Waals surface area contributed by atoms with E-state index in [9.17, 15) is 18.0 Å².